The predicted molar refractivity (Wildman–Crippen MR) is 109 cm³/mol. The van der Waals surface area contributed by atoms with Crippen molar-refractivity contribution in [3.8, 4) is 0 Å². The first-order chi connectivity index (χ1) is 13.4. The number of sulfonamides is 1. The van der Waals surface area contributed by atoms with E-state index in [1.165, 1.54) is 16.4 Å². The minimum atomic E-state index is -3.88. The third-order valence-electron chi connectivity index (χ3n) is 5.01. The number of anilines is 1. The van der Waals surface area contributed by atoms with Crippen LogP contribution in [0.25, 0.3) is 0 Å². The van der Waals surface area contributed by atoms with E-state index in [4.69, 9.17) is 4.74 Å². The molecule has 2 aromatic rings. The number of amides is 1. The SMILES string of the molecule is Cc1cccc(N(CC(=O)NC[C@H]2CCCO2)S(=O)(=O)c2ccccc2)c1C. The van der Waals surface area contributed by atoms with Gasteiger partial charge in [-0.1, -0.05) is 30.3 Å². The average molecular weight is 403 g/mol. The minimum absolute atomic E-state index is 0.00355. The second-order valence-corrected chi connectivity index (χ2v) is 8.85. The van der Waals surface area contributed by atoms with Gasteiger partial charge in [-0.2, -0.15) is 0 Å². The van der Waals surface area contributed by atoms with Crippen LogP contribution in [0.5, 0.6) is 0 Å². The number of benzene rings is 2. The fraction of sp³-hybridized carbons (Fsp3) is 0.381. The van der Waals surface area contributed by atoms with Gasteiger partial charge in [0.1, 0.15) is 6.54 Å². The lowest BCUT2D eigenvalue weighted by Crippen LogP contribution is -2.43. The lowest BCUT2D eigenvalue weighted by molar-refractivity contribution is -0.120. The summed E-state index contributed by atoms with van der Waals surface area (Å²) in [5.74, 6) is -0.351. The second-order valence-electron chi connectivity index (χ2n) is 6.98. The molecule has 1 aliphatic rings. The number of ether oxygens (including phenoxy) is 1. The molecule has 1 atom stereocenters. The minimum Gasteiger partial charge on any atom is -0.376 e. The molecule has 0 spiro atoms. The molecule has 2 aromatic carbocycles. The van der Waals surface area contributed by atoms with E-state index in [9.17, 15) is 13.2 Å². The van der Waals surface area contributed by atoms with E-state index in [-0.39, 0.29) is 23.5 Å². The maximum atomic E-state index is 13.3. The fourth-order valence-electron chi connectivity index (χ4n) is 3.24. The highest BCUT2D eigenvalue weighted by Gasteiger charge is 2.28. The Hall–Kier alpha value is -2.38. The highest BCUT2D eigenvalue weighted by molar-refractivity contribution is 7.92. The van der Waals surface area contributed by atoms with Gasteiger partial charge in [0.25, 0.3) is 10.0 Å². The molecule has 0 aliphatic carbocycles. The van der Waals surface area contributed by atoms with Crippen molar-refractivity contribution in [1.82, 2.24) is 5.32 Å². The highest BCUT2D eigenvalue weighted by Crippen LogP contribution is 2.28. The van der Waals surface area contributed by atoms with Gasteiger partial charge in [-0.25, -0.2) is 8.42 Å². The lowest BCUT2D eigenvalue weighted by Gasteiger charge is -2.26. The van der Waals surface area contributed by atoms with Crippen LogP contribution >= 0.6 is 0 Å². The molecule has 7 heteroatoms. The Bertz CT molecular complexity index is 923. The Morgan fingerprint density at radius 2 is 1.89 bits per heavy atom. The molecule has 150 valence electrons. The predicted octanol–water partition coefficient (Wildman–Crippen LogP) is 2.79. The summed E-state index contributed by atoms with van der Waals surface area (Å²) in [6, 6.07) is 13.6. The first kappa shape index (κ1) is 20.4. The fourth-order valence-corrected chi connectivity index (χ4v) is 4.74. The van der Waals surface area contributed by atoms with Crippen LogP contribution in [0.4, 0.5) is 5.69 Å². The molecule has 1 aliphatic heterocycles. The van der Waals surface area contributed by atoms with Crippen molar-refractivity contribution < 1.29 is 17.9 Å². The first-order valence-electron chi connectivity index (χ1n) is 9.42. The number of rotatable bonds is 7. The third-order valence-corrected chi connectivity index (χ3v) is 6.79. The highest BCUT2D eigenvalue weighted by atomic mass is 32.2. The number of aryl methyl sites for hydroxylation is 1. The number of nitrogens with zero attached hydrogens (tertiary/aromatic N) is 1. The molecule has 1 saturated heterocycles. The van der Waals surface area contributed by atoms with E-state index < -0.39 is 10.0 Å². The maximum Gasteiger partial charge on any atom is 0.264 e. The standard InChI is InChI=1S/C21H26N2O4S/c1-16-8-6-12-20(17(16)2)23(28(25,26)19-10-4-3-5-11-19)15-21(24)22-14-18-9-7-13-27-18/h3-6,8,10-12,18H,7,9,13-15H2,1-2H3,(H,22,24)/t18-/m1/s1. The van der Waals surface area contributed by atoms with E-state index >= 15 is 0 Å². The van der Waals surface area contributed by atoms with E-state index in [0.717, 1.165) is 24.0 Å². The van der Waals surface area contributed by atoms with Crippen LogP contribution in [0.3, 0.4) is 0 Å². The van der Waals surface area contributed by atoms with Crippen LogP contribution in [0.2, 0.25) is 0 Å². The molecule has 1 heterocycles. The van der Waals surface area contributed by atoms with E-state index in [0.29, 0.717) is 18.8 Å². The van der Waals surface area contributed by atoms with Crippen LogP contribution in [0, 0.1) is 13.8 Å². The van der Waals surface area contributed by atoms with E-state index in [2.05, 4.69) is 5.32 Å². The van der Waals surface area contributed by atoms with Crippen molar-refractivity contribution in [1.29, 1.82) is 0 Å². The van der Waals surface area contributed by atoms with Crippen molar-refractivity contribution in [3.63, 3.8) is 0 Å². The molecular formula is C21H26N2O4S. The van der Waals surface area contributed by atoms with Crippen molar-refractivity contribution in [2.75, 3.05) is 24.0 Å². The van der Waals surface area contributed by atoms with Crippen LogP contribution in [0.1, 0.15) is 24.0 Å². The summed E-state index contributed by atoms with van der Waals surface area (Å²) in [5, 5.41) is 2.81. The zero-order chi connectivity index (χ0) is 20.1. The topological polar surface area (TPSA) is 75.7 Å². The molecule has 1 amide bonds. The maximum absolute atomic E-state index is 13.3. The van der Waals surface area contributed by atoms with Gasteiger partial charge in [0, 0.05) is 13.2 Å². The van der Waals surface area contributed by atoms with Crippen molar-refractivity contribution in [2.45, 2.75) is 37.7 Å². The zero-order valence-corrected chi connectivity index (χ0v) is 17.0. The Morgan fingerprint density at radius 1 is 1.14 bits per heavy atom. The molecule has 28 heavy (non-hydrogen) atoms. The molecule has 0 bridgehead atoms. The molecular weight excluding hydrogens is 376 g/mol. The van der Waals surface area contributed by atoms with Gasteiger partial charge in [0.15, 0.2) is 0 Å². The van der Waals surface area contributed by atoms with E-state index in [1.54, 1.807) is 30.3 Å². The van der Waals surface area contributed by atoms with Crippen LogP contribution in [0.15, 0.2) is 53.4 Å². The molecule has 0 saturated carbocycles. The lowest BCUT2D eigenvalue weighted by atomic mass is 10.1. The van der Waals surface area contributed by atoms with Gasteiger partial charge in [-0.3, -0.25) is 9.10 Å². The molecule has 3 rings (SSSR count). The summed E-state index contributed by atoms with van der Waals surface area (Å²) in [5.41, 5.74) is 2.30. The van der Waals surface area contributed by atoms with E-state index in [1.807, 2.05) is 19.9 Å². The Morgan fingerprint density at radius 3 is 2.57 bits per heavy atom. The average Bonchev–Trinajstić information content (AvgIpc) is 3.21. The van der Waals surface area contributed by atoms with Gasteiger partial charge in [-0.05, 0) is 56.0 Å². The van der Waals surface area contributed by atoms with Crippen molar-refractivity contribution in [2.24, 2.45) is 0 Å². The van der Waals surface area contributed by atoms with Gasteiger partial charge < -0.3 is 10.1 Å². The molecule has 0 unspecified atom stereocenters. The van der Waals surface area contributed by atoms with Gasteiger partial charge >= 0.3 is 0 Å². The normalized spacial score (nSPS) is 16.7. The van der Waals surface area contributed by atoms with Gasteiger partial charge in [0.05, 0.1) is 16.7 Å². The monoisotopic (exact) mass is 402 g/mol. The van der Waals surface area contributed by atoms with Crippen molar-refractivity contribution in [3.05, 3.63) is 59.7 Å². The molecule has 1 N–H and O–H groups in total. The van der Waals surface area contributed by atoms with Crippen LogP contribution in [-0.2, 0) is 19.6 Å². The molecule has 1 fully saturated rings. The largest absolute Gasteiger partial charge is 0.376 e. The zero-order valence-electron chi connectivity index (χ0n) is 16.2. The van der Waals surface area contributed by atoms with Gasteiger partial charge in [-0.15, -0.1) is 0 Å². The molecule has 0 radical (unpaired) electrons. The van der Waals surface area contributed by atoms with Gasteiger partial charge in [0.2, 0.25) is 5.91 Å². The number of hydrogen-bond donors (Lipinski definition) is 1. The summed E-state index contributed by atoms with van der Waals surface area (Å²) in [6.07, 6.45) is 1.89. The number of nitrogens with one attached hydrogen (secondary N) is 1. The summed E-state index contributed by atoms with van der Waals surface area (Å²) in [7, 11) is -3.88. The molecule has 0 aromatic heterocycles. The summed E-state index contributed by atoms with van der Waals surface area (Å²) < 4.78 is 33.3. The first-order valence-corrected chi connectivity index (χ1v) is 10.9. The second kappa shape index (κ2) is 8.75. The Kier molecular flexibility index (Phi) is 6.36. The van der Waals surface area contributed by atoms with Crippen LogP contribution < -0.4 is 9.62 Å². The van der Waals surface area contributed by atoms with Crippen LogP contribution in [-0.4, -0.2) is 40.1 Å². The number of hydrogen-bond acceptors (Lipinski definition) is 4. The quantitative estimate of drug-likeness (QED) is 0.773. The third kappa shape index (κ3) is 4.54. The molecule has 6 nitrogen and oxygen atoms in total. The summed E-state index contributed by atoms with van der Waals surface area (Å²) in [4.78, 5) is 12.7. The number of carbonyl (C=O) groups is 1. The van der Waals surface area contributed by atoms with Crippen molar-refractivity contribution >= 4 is 21.6 Å². The summed E-state index contributed by atoms with van der Waals surface area (Å²) in [6.45, 7) is 4.60. The smallest absolute Gasteiger partial charge is 0.264 e. The number of carbonyl (C=O) groups excluding carboxylic acids is 1. The Balaban J connectivity index is 1.88. The Labute approximate surface area is 166 Å². The summed E-state index contributed by atoms with van der Waals surface area (Å²) >= 11 is 0.